The molecule has 0 unspecified atom stereocenters. The zero-order chi connectivity index (χ0) is 22.1. The van der Waals surface area contributed by atoms with Crippen molar-refractivity contribution >= 4 is 23.7 Å². The van der Waals surface area contributed by atoms with Gasteiger partial charge < -0.3 is 5.32 Å². The van der Waals surface area contributed by atoms with E-state index in [2.05, 4.69) is 20.8 Å². The summed E-state index contributed by atoms with van der Waals surface area (Å²) in [6, 6.07) is 15.3. The Morgan fingerprint density at radius 3 is 2.52 bits per heavy atom. The molecule has 0 aliphatic rings. The van der Waals surface area contributed by atoms with E-state index in [0.29, 0.717) is 24.1 Å². The van der Waals surface area contributed by atoms with Crippen LogP contribution in [-0.2, 0) is 11.3 Å². The highest BCUT2D eigenvalue weighted by molar-refractivity contribution is 7.99. The number of carbonyl (C=O) groups excluding carboxylic acids is 2. The van der Waals surface area contributed by atoms with E-state index in [-0.39, 0.29) is 11.6 Å². The highest BCUT2D eigenvalue weighted by Crippen LogP contribution is 2.25. The number of hydrogen-bond acceptors (Lipinski definition) is 5. The lowest BCUT2D eigenvalue weighted by molar-refractivity contribution is -0.117. The number of hydrogen-bond donors (Lipinski definition) is 2. The van der Waals surface area contributed by atoms with E-state index in [1.807, 2.05) is 41.8 Å². The highest BCUT2D eigenvalue weighted by Gasteiger charge is 2.17. The molecular formula is C22H24FN5O2S. The van der Waals surface area contributed by atoms with E-state index in [4.69, 9.17) is 0 Å². The zero-order valence-corrected chi connectivity index (χ0v) is 18.0. The Hall–Kier alpha value is -3.20. The largest absolute Gasteiger partial charge is 0.338 e. The first-order valence-corrected chi connectivity index (χ1v) is 11.0. The van der Waals surface area contributed by atoms with Gasteiger partial charge in [-0.3, -0.25) is 14.7 Å². The number of thioether (sulfide) groups is 1. The third-order valence-electron chi connectivity index (χ3n) is 4.40. The molecule has 2 aromatic carbocycles. The molecule has 0 atom stereocenters. The van der Waals surface area contributed by atoms with Gasteiger partial charge in [-0.2, -0.15) is 0 Å². The molecule has 0 saturated heterocycles. The molecule has 0 aliphatic carbocycles. The van der Waals surface area contributed by atoms with Crippen LogP contribution in [0.5, 0.6) is 0 Å². The minimum Gasteiger partial charge on any atom is -0.338 e. The number of halogens is 1. The summed E-state index contributed by atoms with van der Waals surface area (Å²) in [7, 11) is 0. The Morgan fingerprint density at radius 1 is 1.06 bits per heavy atom. The van der Waals surface area contributed by atoms with Crippen LogP contribution in [0.15, 0.2) is 59.8 Å². The maximum atomic E-state index is 13.3. The Kier molecular flexibility index (Phi) is 8.17. The fourth-order valence-electron chi connectivity index (χ4n) is 2.83. The van der Waals surface area contributed by atoms with Crippen LogP contribution in [0.25, 0.3) is 11.4 Å². The molecule has 9 heteroatoms. The Labute approximate surface area is 184 Å². The zero-order valence-electron chi connectivity index (χ0n) is 17.2. The number of urea groups is 1. The van der Waals surface area contributed by atoms with E-state index >= 15 is 0 Å². The molecule has 7 nitrogen and oxygen atoms in total. The number of unbranched alkanes of at least 4 members (excludes halogenated alkanes) is 1. The van der Waals surface area contributed by atoms with E-state index < -0.39 is 11.9 Å². The van der Waals surface area contributed by atoms with Crippen LogP contribution in [0.2, 0.25) is 0 Å². The maximum Gasteiger partial charge on any atom is 0.321 e. The lowest BCUT2D eigenvalue weighted by Crippen LogP contribution is -2.40. The number of imide groups is 1. The molecule has 162 valence electrons. The third-order valence-corrected chi connectivity index (χ3v) is 5.37. The fourth-order valence-corrected chi connectivity index (χ4v) is 3.57. The van der Waals surface area contributed by atoms with Gasteiger partial charge >= 0.3 is 6.03 Å². The number of aromatic nitrogens is 3. The Morgan fingerprint density at radius 2 is 1.81 bits per heavy atom. The van der Waals surface area contributed by atoms with Crippen LogP contribution in [0, 0.1) is 5.82 Å². The third kappa shape index (κ3) is 6.65. The van der Waals surface area contributed by atoms with Gasteiger partial charge in [-0.15, -0.1) is 10.2 Å². The van der Waals surface area contributed by atoms with Gasteiger partial charge in [0.1, 0.15) is 5.82 Å². The van der Waals surface area contributed by atoms with Gasteiger partial charge in [0, 0.05) is 12.1 Å². The van der Waals surface area contributed by atoms with Gasteiger partial charge in [0.2, 0.25) is 5.91 Å². The van der Waals surface area contributed by atoms with Gasteiger partial charge in [0.25, 0.3) is 0 Å². The summed E-state index contributed by atoms with van der Waals surface area (Å²) < 4.78 is 15.2. The van der Waals surface area contributed by atoms with Gasteiger partial charge in [-0.1, -0.05) is 55.4 Å². The first kappa shape index (κ1) is 22.5. The number of nitrogens with zero attached hydrogens (tertiary/aromatic N) is 3. The van der Waals surface area contributed by atoms with Crippen LogP contribution >= 0.6 is 11.8 Å². The van der Waals surface area contributed by atoms with E-state index in [1.165, 1.54) is 23.9 Å². The van der Waals surface area contributed by atoms with Crippen LogP contribution in [0.1, 0.15) is 25.3 Å². The monoisotopic (exact) mass is 441 g/mol. The van der Waals surface area contributed by atoms with Gasteiger partial charge in [-0.05, 0) is 36.2 Å². The van der Waals surface area contributed by atoms with Crippen molar-refractivity contribution in [2.45, 2.75) is 31.5 Å². The molecule has 1 heterocycles. The summed E-state index contributed by atoms with van der Waals surface area (Å²) in [6.07, 6.45) is 1.81. The summed E-state index contributed by atoms with van der Waals surface area (Å²) in [5.41, 5.74) is 1.75. The van der Waals surface area contributed by atoms with Gasteiger partial charge in [-0.25, -0.2) is 9.18 Å². The van der Waals surface area contributed by atoms with Crippen molar-refractivity contribution in [1.82, 2.24) is 25.4 Å². The molecule has 0 spiro atoms. The fraction of sp³-hybridized carbons (Fsp3) is 0.273. The SMILES string of the molecule is CCCCNC(=O)NC(=O)CSc1nnc(-c2ccc(F)cc2)n1Cc1ccccc1. The quantitative estimate of drug-likeness (QED) is 0.389. The van der Waals surface area contributed by atoms with E-state index in [9.17, 15) is 14.0 Å². The topological polar surface area (TPSA) is 88.9 Å². The average molecular weight is 442 g/mol. The summed E-state index contributed by atoms with van der Waals surface area (Å²) in [4.78, 5) is 23.9. The summed E-state index contributed by atoms with van der Waals surface area (Å²) in [6.45, 7) is 3.03. The number of benzene rings is 2. The Bertz CT molecular complexity index is 1010. The number of rotatable bonds is 9. The molecular weight excluding hydrogens is 417 g/mol. The minimum atomic E-state index is -0.503. The minimum absolute atomic E-state index is 0.0114. The second kappa shape index (κ2) is 11.3. The van der Waals surface area contributed by atoms with Crippen LogP contribution in [0.4, 0.5) is 9.18 Å². The van der Waals surface area contributed by atoms with Crippen LogP contribution in [0.3, 0.4) is 0 Å². The van der Waals surface area contributed by atoms with Gasteiger partial charge in [0.15, 0.2) is 11.0 Å². The lowest BCUT2D eigenvalue weighted by Gasteiger charge is -2.11. The predicted octanol–water partition coefficient (Wildman–Crippen LogP) is 3.85. The molecule has 2 N–H and O–H groups in total. The van der Waals surface area contributed by atoms with E-state index in [1.54, 1.807) is 12.1 Å². The smallest absolute Gasteiger partial charge is 0.321 e. The van der Waals surface area contributed by atoms with Crippen LogP contribution in [-0.4, -0.2) is 39.0 Å². The van der Waals surface area contributed by atoms with Gasteiger partial charge in [0.05, 0.1) is 12.3 Å². The second-order valence-corrected chi connectivity index (χ2v) is 7.77. The molecule has 0 radical (unpaired) electrons. The van der Waals surface area contributed by atoms with E-state index in [0.717, 1.165) is 24.0 Å². The maximum absolute atomic E-state index is 13.3. The number of nitrogens with one attached hydrogen (secondary N) is 2. The molecule has 3 aromatic rings. The van der Waals surface area contributed by atoms with Crippen molar-refractivity contribution in [2.24, 2.45) is 0 Å². The second-order valence-electron chi connectivity index (χ2n) is 6.83. The highest BCUT2D eigenvalue weighted by atomic mass is 32.2. The van der Waals surface area contributed by atoms with Crippen molar-refractivity contribution in [3.05, 3.63) is 66.0 Å². The summed E-state index contributed by atoms with van der Waals surface area (Å²) in [5.74, 6) is -0.167. The molecule has 0 saturated carbocycles. The predicted molar refractivity (Wildman–Crippen MR) is 118 cm³/mol. The molecule has 31 heavy (non-hydrogen) atoms. The average Bonchev–Trinajstić information content (AvgIpc) is 3.16. The molecule has 0 aliphatic heterocycles. The molecule has 0 bridgehead atoms. The van der Waals surface area contributed by atoms with Crippen molar-refractivity contribution in [3.63, 3.8) is 0 Å². The molecule has 0 fully saturated rings. The summed E-state index contributed by atoms with van der Waals surface area (Å²) in [5, 5.41) is 14.0. The van der Waals surface area contributed by atoms with Crippen molar-refractivity contribution in [2.75, 3.05) is 12.3 Å². The first-order chi connectivity index (χ1) is 15.1. The Balaban J connectivity index is 1.73. The summed E-state index contributed by atoms with van der Waals surface area (Å²) >= 11 is 1.19. The van der Waals surface area contributed by atoms with Crippen molar-refractivity contribution in [3.8, 4) is 11.4 Å². The normalized spacial score (nSPS) is 10.6. The lowest BCUT2D eigenvalue weighted by atomic mass is 10.2. The van der Waals surface area contributed by atoms with Crippen molar-refractivity contribution < 1.29 is 14.0 Å². The van der Waals surface area contributed by atoms with Crippen LogP contribution < -0.4 is 10.6 Å². The number of carbonyl (C=O) groups is 2. The van der Waals surface area contributed by atoms with Crippen molar-refractivity contribution in [1.29, 1.82) is 0 Å². The molecule has 3 amide bonds. The number of amides is 3. The molecule has 1 aromatic heterocycles. The molecule has 3 rings (SSSR count). The first-order valence-electron chi connectivity index (χ1n) is 10.0. The standard InChI is InChI=1S/C22H24FN5O2S/c1-2-3-13-24-21(30)25-19(29)15-31-22-27-26-20(17-9-11-18(23)12-10-17)28(22)14-16-7-5-4-6-8-16/h4-12H,2-3,13-15H2,1H3,(H2,24,25,29,30).